The number of benzene rings is 1. The van der Waals surface area contributed by atoms with Gasteiger partial charge in [-0.05, 0) is 48.9 Å². The Balaban J connectivity index is 1.97. The van der Waals surface area contributed by atoms with Crippen molar-refractivity contribution < 1.29 is 17.9 Å². The second kappa shape index (κ2) is 6.75. The Morgan fingerprint density at radius 2 is 1.78 bits per heavy atom. The summed E-state index contributed by atoms with van der Waals surface area (Å²) in [5.74, 6) is -0.423. The smallest absolute Gasteiger partial charge is 0.421 e. The summed E-state index contributed by atoms with van der Waals surface area (Å²) in [4.78, 5) is 29.4. The van der Waals surface area contributed by atoms with Crippen LogP contribution < -0.4 is 16.0 Å². The topological polar surface area (TPSA) is 77.0 Å². The first-order valence-corrected chi connectivity index (χ1v) is 7.79. The molecular formula is C18H14F3N3O3. The molecule has 140 valence electrons. The molecule has 0 atom stereocenters. The number of nitrogens with one attached hydrogen (secondary N) is 1. The predicted octanol–water partition coefficient (Wildman–Crippen LogP) is 3.26. The fourth-order valence-electron chi connectivity index (χ4n) is 2.63. The monoisotopic (exact) mass is 377 g/mol. The fourth-order valence-corrected chi connectivity index (χ4v) is 2.63. The Kier molecular flexibility index (Phi) is 4.61. The first-order chi connectivity index (χ1) is 12.7. The summed E-state index contributed by atoms with van der Waals surface area (Å²) in [7, 11) is 1.51. The number of pyridine rings is 1. The van der Waals surface area contributed by atoms with Crippen molar-refractivity contribution in [2.24, 2.45) is 7.05 Å². The molecule has 3 aromatic rings. The van der Waals surface area contributed by atoms with Gasteiger partial charge in [-0.3, -0.25) is 14.3 Å². The van der Waals surface area contributed by atoms with Crippen molar-refractivity contribution >= 4 is 0 Å². The maximum absolute atomic E-state index is 13.0. The minimum atomic E-state index is -4.59. The van der Waals surface area contributed by atoms with Gasteiger partial charge in [-0.15, -0.1) is 0 Å². The van der Waals surface area contributed by atoms with Crippen molar-refractivity contribution in [3.63, 3.8) is 0 Å². The van der Waals surface area contributed by atoms with Crippen LogP contribution in [-0.4, -0.2) is 14.5 Å². The third-order valence-corrected chi connectivity index (χ3v) is 3.98. The van der Waals surface area contributed by atoms with Gasteiger partial charge in [0.1, 0.15) is 11.3 Å². The molecule has 0 bridgehead atoms. The first-order valence-electron chi connectivity index (χ1n) is 7.79. The van der Waals surface area contributed by atoms with Gasteiger partial charge in [0, 0.05) is 18.8 Å². The van der Waals surface area contributed by atoms with Crippen LogP contribution in [0, 0.1) is 6.92 Å². The number of aromatic amines is 1. The zero-order valence-corrected chi connectivity index (χ0v) is 14.3. The van der Waals surface area contributed by atoms with E-state index in [0.29, 0.717) is 16.8 Å². The highest BCUT2D eigenvalue weighted by Crippen LogP contribution is 2.36. The lowest BCUT2D eigenvalue weighted by atomic mass is 10.1. The second-order valence-corrected chi connectivity index (χ2v) is 5.77. The Morgan fingerprint density at radius 1 is 1.11 bits per heavy atom. The van der Waals surface area contributed by atoms with E-state index in [9.17, 15) is 22.8 Å². The molecule has 0 fully saturated rings. The lowest BCUT2D eigenvalue weighted by molar-refractivity contribution is -0.138. The van der Waals surface area contributed by atoms with Crippen LogP contribution in [0.4, 0.5) is 13.2 Å². The van der Waals surface area contributed by atoms with Crippen LogP contribution in [0.25, 0.3) is 11.3 Å². The number of nitrogens with zero attached hydrogens (tertiary/aromatic N) is 2. The maximum atomic E-state index is 13.0. The number of alkyl halides is 3. The van der Waals surface area contributed by atoms with Gasteiger partial charge in [-0.1, -0.05) is 0 Å². The van der Waals surface area contributed by atoms with E-state index >= 15 is 0 Å². The summed E-state index contributed by atoms with van der Waals surface area (Å²) in [5.41, 5.74) is -0.760. The molecule has 2 heterocycles. The zero-order valence-electron chi connectivity index (χ0n) is 14.3. The number of hydrogen-bond acceptors (Lipinski definition) is 4. The van der Waals surface area contributed by atoms with Crippen molar-refractivity contribution in [1.82, 2.24) is 14.5 Å². The molecule has 0 saturated heterocycles. The molecule has 6 nitrogen and oxygen atoms in total. The van der Waals surface area contributed by atoms with E-state index in [1.807, 2.05) is 0 Å². The summed E-state index contributed by atoms with van der Waals surface area (Å²) < 4.78 is 45.6. The average Bonchev–Trinajstić information content (AvgIpc) is 2.61. The lowest BCUT2D eigenvalue weighted by Gasteiger charge is -2.13. The zero-order chi connectivity index (χ0) is 19.8. The van der Waals surface area contributed by atoms with Crippen molar-refractivity contribution in [1.29, 1.82) is 0 Å². The lowest BCUT2D eigenvalue weighted by Crippen LogP contribution is -2.31. The Hall–Kier alpha value is -3.36. The molecule has 27 heavy (non-hydrogen) atoms. The first kappa shape index (κ1) is 18.4. The van der Waals surface area contributed by atoms with Crippen LogP contribution >= 0.6 is 0 Å². The quantitative estimate of drug-likeness (QED) is 0.760. The largest absolute Gasteiger partial charge is 0.438 e. The number of aromatic nitrogens is 3. The van der Waals surface area contributed by atoms with Crippen LogP contribution in [0.1, 0.15) is 11.1 Å². The molecule has 0 saturated carbocycles. The van der Waals surface area contributed by atoms with Gasteiger partial charge in [0.25, 0.3) is 5.56 Å². The van der Waals surface area contributed by atoms with Crippen molar-refractivity contribution in [2.45, 2.75) is 13.1 Å². The van der Waals surface area contributed by atoms with Gasteiger partial charge in [0.2, 0.25) is 5.88 Å². The van der Waals surface area contributed by atoms with E-state index in [-0.39, 0.29) is 5.75 Å². The summed E-state index contributed by atoms with van der Waals surface area (Å²) in [6.07, 6.45) is -3.39. The predicted molar refractivity (Wildman–Crippen MR) is 91.8 cm³/mol. The second-order valence-electron chi connectivity index (χ2n) is 5.77. The molecule has 2 aromatic heterocycles. The summed E-state index contributed by atoms with van der Waals surface area (Å²) in [6, 6.07) is 8.03. The number of hydrogen-bond donors (Lipinski definition) is 1. The molecule has 0 unspecified atom stereocenters. The maximum Gasteiger partial charge on any atom is 0.421 e. The van der Waals surface area contributed by atoms with Crippen molar-refractivity contribution in [3.05, 3.63) is 74.6 Å². The van der Waals surface area contributed by atoms with Crippen LogP contribution in [-0.2, 0) is 13.2 Å². The van der Waals surface area contributed by atoms with Crippen LogP contribution in [0.3, 0.4) is 0 Å². The Morgan fingerprint density at radius 3 is 2.41 bits per heavy atom. The Labute approximate surface area is 150 Å². The van der Waals surface area contributed by atoms with E-state index < -0.39 is 28.9 Å². The van der Waals surface area contributed by atoms with Gasteiger partial charge < -0.3 is 4.74 Å². The van der Waals surface area contributed by atoms with Gasteiger partial charge in [0.15, 0.2) is 0 Å². The normalized spacial score (nSPS) is 11.4. The third kappa shape index (κ3) is 3.62. The standard InChI is InChI=1S/C18H14F3N3O3/c1-10-14(24(2)17(26)23-15(10)25)11-5-7-12(8-6-11)27-16-13(18(19,20)21)4-3-9-22-16/h3-9H,1-2H3,(H,23,25,26). The van der Waals surface area contributed by atoms with Crippen LogP contribution in [0.15, 0.2) is 52.2 Å². The average molecular weight is 377 g/mol. The summed E-state index contributed by atoms with van der Waals surface area (Å²) >= 11 is 0. The van der Waals surface area contributed by atoms with Gasteiger partial charge in [-0.25, -0.2) is 9.78 Å². The van der Waals surface area contributed by atoms with E-state index in [4.69, 9.17) is 4.74 Å². The van der Waals surface area contributed by atoms with E-state index in [1.54, 1.807) is 19.1 Å². The molecular weight excluding hydrogens is 363 g/mol. The molecule has 0 radical (unpaired) electrons. The number of H-pyrrole nitrogens is 1. The molecule has 0 aliphatic carbocycles. The van der Waals surface area contributed by atoms with Crippen molar-refractivity contribution in [2.75, 3.05) is 0 Å². The van der Waals surface area contributed by atoms with E-state index in [1.165, 1.54) is 36.0 Å². The number of halogens is 3. The molecule has 1 N–H and O–H groups in total. The summed E-state index contributed by atoms with van der Waals surface area (Å²) in [6.45, 7) is 1.57. The summed E-state index contributed by atoms with van der Waals surface area (Å²) in [5, 5.41) is 0. The van der Waals surface area contributed by atoms with E-state index in [0.717, 1.165) is 6.07 Å². The van der Waals surface area contributed by atoms with E-state index in [2.05, 4.69) is 9.97 Å². The molecule has 1 aromatic carbocycles. The van der Waals surface area contributed by atoms with Crippen LogP contribution in [0.2, 0.25) is 0 Å². The molecule has 0 aliphatic heterocycles. The highest BCUT2D eigenvalue weighted by Gasteiger charge is 2.35. The minimum absolute atomic E-state index is 0.135. The number of ether oxygens (including phenoxy) is 1. The molecule has 0 aliphatic rings. The SMILES string of the molecule is Cc1c(-c2ccc(Oc3ncccc3C(F)(F)F)cc2)n(C)c(=O)[nH]c1=O. The van der Waals surface area contributed by atoms with Gasteiger partial charge in [0.05, 0.1) is 5.69 Å². The number of rotatable bonds is 3. The van der Waals surface area contributed by atoms with Crippen LogP contribution in [0.5, 0.6) is 11.6 Å². The molecule has 3 rings (SSSR count). The van der Waals surface area contributed by atoms with Crippen molar-refractivity contribution in [3.8, 4) is 22.9 Å². The Bertz CT molecular complexity index is 1070. The highest BCUT2D eigenvalue weighted by atomic mass is 19.4. The molecule has 0 spiro atoms. The minimum Gasteiger partial charge on any atom is -0.438 e. The molecule has 9 heteroatoms. The highest BCUT2D eigenvalue weighted by molar-refractivity contribution is 5.63. The fraction of sp³-hybridized carbons (Fsp3) is 0.167. The molecule has 0 amide bonds. The van der Waals surface area contributed by atoms with Gasteiger partial charge in [-0.2, -0.15) is 13.2 Å². The third-order valence-electron chi connectivity index (χ3n) is 3.98. The van der Waals surface area contributed by atoms with Gasteiger partial charge >= 0.3 is 11.9 Å².